The average Bonchev–Trinajstić information content (AvgIpc) is 3.20. The first-order chi connectivity index (χ1) is 14.5. The summed E-state index contributed by atoms with van der Waals surface area (Å²) in [6, 6.07) is 13.6. The summed E-state index contributed by atoms with van der Waals surface area (Å²) in [5, 5.41) is 8.61. The molecule has 0 saturated heterocycles. The number of nitrogens with zero attached hydrogens (tertiary/aromatic N) is 1. The summed E-state index contributed by atoms with van der Waals surface area (Å²) in [5.74, 6) is -0.0432. The maximum Gasteiger partial charge on any atom is 0.253 e. The van der Waals surface area contributed by atoms with Crippen LogP contribution >= 0.6 is 46.3 Å². The van der Waals surface area contributed by atoms with Gasteiger partial charge < -0.3 is 10.6 Å². The van der Waals surface area contributed by atoms with Gasteiger partial charge in [-0.3, -0.25) is 9.59 Å². The Labute approximate surface area is 193 Å². The average molecular weight is 480 g/mol. The first-order valence-corrected chi connectivity index (χ1v) is 12.1. The number of carbonyl (C=O) groups is 2. The van der Waals surface area contributed by atoms with Crippen LogP contribution in [0, 0.1) is 0 Å². The first-order valence-electron chi connectivity index (χ1n) is 9.04. The summed E-state index contributed by atoms with van der Waals surface area (Å²) in [7, 11) is 0. The van der Waals surface area contributed by atoms with Crippen LogP contribution in [0.1, 0.15) is 16.8 Å². The minimum absolute atomic E-state index is 0.233. The van der Waals surface area contributed by atoms with E-state index in [1.807, 2.05) is 42.0 Å². The lowest BCUT2D eigenvalue weighted by atomic mass is 10.1. The van der Waals surface area contributed by atoms with Gasteiger partial charge in [0, 0.05) is 16.0 Å². The number of amides is 2. The Bertz CT molecular complexity index is 1030. The number of thiazole rings is 1. The molecule has 1 unspecified atom stereocenters. The Morgan fingerprint density at radius 1 is 1.17 bits per heavy atom. The monoisotopic (exact) mass is 479 g/mol. The van der Waals surface area contributed by atoms with Gasteiger partial charge in [-0.1, -0.05) is 53.5 Å². The third-order valence-electron chi connectivity index (χ3n) is 4.21. The van der Waals surface area contributed by atoms with Crippen LogP contribution in [-0.2, 0) is 4.79 Å². The molecule has 2 amide bonds. The van der Waals surface area contributed by atoms with Gasteiger partial charge in [-0.25, -0.2) is 4.98 Å². The number of hydrogen-bond donors (Lipinski definition) is 2. The summed E-state index contributed by atoms with van der Waals surface area (Å²) in [5.41, 5.74) is 2.02. The van der Waals surface area contributed by atoms with Crippen LogP contribution in [0.4, 0.5) is 5.13 Å². The SMILES string of the molecule is CSCCC(NC(=O)c1ccc(Cl)cc1Cl)C(=O)Nc1nc(-c2ccccc2)cs1. The van der Waals surface area contributed by atoms with Crippen LogP contribution in [0.15, 0.2) is 53.9 Å². The van der Waals surface area contributed by atoms with Gasteiger partial charge in [-0.05, 0) is 36.6 Å². The summed E-state index contributed by atoms with van der Waals surface area (Å²) < 4.78 is 0. The molecule has 0 spiro atoms. The molecule has 0 radical (unpaired) electrons. The van der Waals surface area contributed by atoms with Crippen molar-refractivity contribution in [1.82, 2.24) is 10.3 Å². The van der Waals surface area contributed by atoms with E-state index in [9.17, 15) is 9.59 Å². The molecule has 0 aliphatic rings. The van der Waals surface area contributed by atoms with E-state index in [4.69, 9.17) is 23.2 Å². The van der Waals surface area contributed by atoms with E-state index in [1.54, 1.807) is 17.8 Å². The first kappa shape index (κ1) is 22.6. The molecule has 1 heterocycles. The second-order valence-electron chi connectivity index (χ2n) is 6.32. The lowest BCUT2D eigenvalue weighted by Gasteiger charge is -2.18. The largest absolute Gasteiger partial charge is 0.340 e. The van der Waals surface area contributed by atoms with Gasteiger partial charge >= 0.3 is 0 Å². The zero-order valence-electron chi connectivity index (χ0n) is 16.0. The fraction of sp³-hybridized carbons (Fsp3) is 0.190. The van der Waals surface area contributed by atoms with Crippen molar-refractivity contribution in [3.63, 3.8) is 0 Å². The summed E-state index contributed by atoms with van der Waals surface area (Å²) >= 11 is 15.0. The minimum atomic E-state index is -0.722. The van der Waals surface area contributed by atoms with E-state index in [-0.39, 0.29) is 16.5 Å². The van der Waals surface area contributed by atoms with Crippen LogP contribution in [0.25, 0.3) is 11.3 Å². The molecule has 1 aromatic heterocycles. The van der Waals surface area contributed by atoms with E-state index >= 15 is 0 Å². The predicted octanol–water partition coefficient (Wildman–Crippen LogP) is 5.61. The highest BCUT2D eigenvalue weighted by Gasteiger charge is 2.23. The van der Waals surface area contributed by atoms with Crippen LogP contribution in [0.3, 0.4) is 0 Å². The lowest BCUT2D eigenvalue weighted by Crippen LogP contribution is -2.44. The number of rotatable bonds is 8. The molecule has 2 N–H and O–H groups in total. The smallest absolute Gasteiger partial charge is 0.253 e. The third kappa shape index (κ3) is 5.98. The van der Waals surface area contributed by atoms with E-state index in [0.29, 0.717) is 22.3 Å². The van der Waals surface area contributed by atoms with Gasteiger partial charge in [0.1, 0.15) is 6.04 Å². The molecule has 3 aromatic rings. The third-order valence-corrected chi connectivity index (χ3v) is 6.16. The van der Waals surface area contributed by atoms with Gasteiger partial charge in [0.2, 0.25) is 5.91 Å². The molecule has 3 rings (SSSR count). The van der Waals surface area contributed by atoms with E-state index in [1.165, 1.54) is 23.5 Å². The Balaban J connectivity index is 1.71. The van der Waals surface area contributed by atoms with E-state index in [0.717, 1.165) is 11.3 Å². The Hall–Kier alpha value is -2.06. The summed E-state index contributed by atoms with van der Waals surface area (Å²) in [4.78, 5) is 30.0. The van der Waals surface area contributed by atoms with Crippen molar-refractivity contribution in [2.24, 2.45) is 0 Å². The van der Waals surface area contributed by atoms with Crippen molar-refractivity contribution in [2.75, 3.05) is 17.3 Å². The van der Waals surface area contributed by atoms with Crippen LogP contribution in [0.2, 0.25) is 10.0 Å². The summed E-state index contributed by atoms with van der Waals surface area (Å²) in [6.45, 7) is 0. The molecule has 0 fully saturated rings. The topological polar surface area (TPSA) is 71.1 Å². The zero-order valence-corrected chi connectivity index (χ0v) is 19.2. The highest BCUT2D eigenvalue weighted by Crippen LogP contribution is 2.25. The molecule has 2 aromatic carbocycles. The lowest BCUT2D eigenvalue weighted by molar-refractivity contribution is -0.118. The van der Waals surface area contributed by atoms with Gasteiger partial charge in [0.15, 0.2) is 5.13 Å². The standard InChI is InChI=1S/C21H19Cl2N3O2S2/c1-29-10-9-17(24-19(27)15-8-7-14(22)11-16(15)23)20(28)26-21-25-18(12-30-21)13-5-3-2-4-6-13/h2-8,11-12,17H,9-10H2,1H3,(H,24,27)(H,25,26,28). The van der Waals surface area contributed by atoms with E-state index < -0.39 is 11.9 Å². The van der Waals surface area contributed by atoms with Gasteiger partial charge in [0.05, 0.1) is 16.3 Å². The van der Waals surface area contributed by atoms with Crippen LogP contribution in [-0.4, -0.2) is 34.8 Å². The van der Waals surface area contributed by atoms with Crippen molar-refractivity contribution < 1.29 is 9.59 Å². The molecule has 30 heavy (non-hydrogen) atoms. The number of hydrogen-bond acceptors (Lipinski definition) is 5. The molecular weight excluding hydrogens is 461 g/mol. The Morgan fingerprint density at radius 2 is 1.93 bits per heavy atom. The molecule has 0 saturated carbocycles. The molecule has 0 aliphatic heterocycles. The number of aromatic nitrogens is 1. The molecule has 0 bridgehead atoms. The quantitative estimate of drug-likeness (QED) is 0.440. The second kappa shape index (κ2) is 10.8. The number of nitrogens with one attached hydrogen (secondary N) is 2. The number of benzene rings is 2. The number of carbonyl (C=O) groups excluding carboxylic acids is 2. The maximum atomic E-state index is 12.8. The minimum Gasteiger partial charge on any atom is -0.340 e. The molecule has 0 aliphatic carbocycles. The molecule has 156 valence electrons. The molecule has 1 atom stereocenters. The van der Waals surface area contributed by atoms with Crippen molar-refractivity contribution in [3.05, 3.63) is 69.5 Å². The number of anilines is 1. The maximum absolute atomic E-state index is 12.8. The van der Waals surface area contributed by atoms with Crippen LogP contribution < -0.4 is 10.6 Å². The highest BCUT2D eigenvalue weighted by atomic mass is 35.5. The second-order valence-corrected chi connectivity index (χ2v) is 9.01. The number of thioether (sulfide) groups is 1. The van der Waals surface area contributed by atoms with Crippen molar-refractivity contribution >= 4 is 63.2 Å². The van der Waals surface area contributed by atoms with Crippen LogP contribution in [0.5, 0.6) is 0 Å². The van der Waals surface area contributed by atoms with Gasteiger partial charge in [-0.2, -0.15) is 11.8 Å². The fourth-order valence-corrected chi connectivity index (χ4v) is 4.37. The van der Waals surface area contributed by atoms with Gasteiger partial charge in [-0.15, -0.1) is 11.3 Å². The zero-order chi connectivity index (χ0) is 21.5. The fourth-order valence-electron chi connectivity index (χ4n) is 2.68. The van der Waals surface area contributed by atoms with Crippen molar-refractivity contribution in [1.29, 1.82) is 0 Å². The molecule has 5 nitrogen and oxygen atoms in total. The molecular formula is C21H19Cl2N3O2S2. The Kier molecular flexibility index (Phi) is 8.16. The predicted molar refractivity (Wildman–Crippen MR) is 127 cm³/mol. The molecule has 9 heteroatoms. The normalized spacial score (nSPS) is 11.7. The highest BCUT2D eigenvalue weighted by molar-refractivity contribution is 7.98. The van der Waals surface area contributed by atoms with Gasteiger partial charge in [0.25, 0.3) is 5.91 Å². The Morgan fingerprint density at radius 3 is 2.63 bits per heavy atom. The van der Waals surface area contributed by atoms with Crippen molar-refractivity contribution in [2.45, 2.75) is 12.5 Å². The number of halogens is 2. The van der Waals surface area contributed by atoms with E-state index in [2.05, 4.69) is 15.6 Å². The summed E-state index contributed by atoms with van der Waals surface area (Å²) in [6.07, 6.45) is 2.42. The van der Waals surface area contributed by atoms with Crippen molar-refractivity contribution in [3.8, 4) is 11.3 Å².